The summed E-state index contributed by atoms with van der Waals surface area (Å²) >= 11 is 2.17. The molecule has 0 amide bonds. The Morgan fingerprint density at radius 1 is 1.43 bits per heavy atom. The van der Waals surface area contributed by atoms with Gasteiger partial charge < -0.3 is 0 Å². The van der Waals surface area contributed by atoms with Gasteiger partial charge in [-0.2, -0.15) is 0 Å². The highest BCUT2D eigenvalue weighted by Gasteiger charge is 2.16. The largest absolute Gasteiger partial charge is 0.281 e. The molecule has 2 nitrogen and oxygen atoms in total. The van der Waals surface area contributed by atoms with Crippen molar-refractivity contribution in [2.75, 3.05) is 0 Å². The summed E-state index contributed by atoms with van der Waals surface area (Å²) < 4.78 is 29.8. The van der Waals surface area contributed by atoms with Crippen molar-refractivity contribution in [3.63, 3.8) is 0 Å². The second-order valence-electron chi connectivity index (χ2n) is 4.33. The molecule has 0 N–H and O–H groups in total. The number of pyridine rings is 1. The third-order valence-electron chi connectivity index (χ3n) is 3.04. The highest BCUT2D eigenvalue weighted by atomic mass is 127. The first-order valence-electron chi connectivity index (χ1n) is 6.16. The van der Waals surface area contributed by atoms with Crippen LogP contribution in [0.4, 0.5) is 8.78 Å². The first-order chi connectivity index (χ1) is 10.0. The van der Waals surface area contributed by atoms with E-state index in [1.807, 2.05) is 23.2 Å². The molecule has 6 heteroatoms. The summed E-state index contributed by atoms with van der Waals surface area (Å²) in [6.07, 6.45) is 4.14. The maximum absolute atomic E-state index is 14.0. The fourth-order valence-corrected chi connectivity index (χ4v) is 3.43. The minimum absolute atomic E-state index is 0.163. The average molecular weight is 418 g/mol. The van der Waals surface area contributed by atoms with Gasteiger partial charge in [0, 0.05) is 36.5 Å². The summed E-state index contributed by atoms with van der Waals surface area (Å²) in [5, 5.41) is 0. The number of allylic oxidation sites excluding steroid dienone is 5. The van der Waals surface area contributed by atoms with Gasteiger partial charge in [-0.3, -0.25) is 3.97 Å². The van der Waals surface area contributed by atoms with Crippen molar-refractivity contribution in [3.8, 4) is 0 Å². The Balaban J connectivity index is 2.71. The van der Waals surface area contributed by atoms with Crippen molar-refractivity contribution in [1.29, 1.82) is 0 Å². The quantitative estimate of drug-likeness (QED) is 0.453. The Hall–Kier alpha value is -1.15. The van der Waals surface area contributed by atoms with Gasteiger partial charge in [-0.1, -0.05) is 12.7 Å². The van der Waals surface area contributed by atoms with Gasteiger partial charge in [0.25, 0.3) is 0 Å². The zero-order chi connectivity index (χ0) is 15.6. The molecule has 0 saturated carbocycles. The molecule has 0 unspecified atom stereocenters. The van der Waals surface area contributed by atoms with Crippen molar-refractivity contribution < 1.29 is 8.78 Å². The normalized spacial score (nSPS) is 13.5. The van der Waals surface area contributed by atoms with Crippen LogP contribution in [0.15, 0.2) is 48.7 Å². The lowest BCUT2D eigenvalue weighted by molar-refractivity contribution is 0.639. The summed E-state index contributed by atoms with van der Waals surface area (Å²) in [7, 11) is 1.51. The van der Waals surface area contributed by atoms with Crippen molar-refractivity contribution in [2.45, 2.75) is 13.8 Å². The number of fused-ring (bicyclic) bond motifs is 1. The summed E-state index contributed by atoms with van der Waals surface area (Å²) in [6.45, 7) is 6.79. The van der Waals surface area contributed by atoms with E-state index >= 15 is 0 Å². The van der Waals surface area contributed by atoms with E-state index in [1.54, 1.807) is 6.07 Å². The molecular weight excluding hydrogens is 405 g/mol. The van der Waals surface area contributed by atoms with E-state index in [0.717, 1.165) is 22.7 Å². The lowest BCUT2D eigenvalue weighted by Gasteiger charge is -2.06. The van der Waals surface area contributed by atoms with Gasteiger partial charge in [0.1, 0.15) is 11.7 Å². The van der Waals surface area contributed by atoms with Crippen LogP contribution in [-0.4, -0.2) is 8.96 Å². The Morgan fingerprint density at radius 2 is 2.14 bits per heavy atom. The number of hydrogen-bond acceptors (Lipinski definition) is 2. The van der Waals surface area contributed by atoms with Gasteiger partial charge >= 0.3 is 0 Å². The minimum atomic E-state index is -0.724. The third-order valence-corrected chi connectivity index (χ3v) is 4.76. The van der Waals surface area contributed by atoms with Crippen molar-refractivity contribution >= 4 is 46.9 Å². The first-order valence-corrected chi connectivity index (χ1v) is 9.47. The van der Waals surface area contributed by atoms with E-state index in [4.69, 9.17) is 0 Å². The van der Waals surface area contributed by atoms with Crippen LogP contribution >= 0.6 is 30.3 Å². The summed E-state index contributed by atoms with van der Waals surface area (Å²) in [5.41, 5.74) is 2.69. The number of hydrogen-bond donors (Lipinski definition) is 0. The molecule has 0 radical (unpaired) electrons. The summed E-state index contributed by atoms with van der Waals surface area (Å²) in [5.74, 6) is -1.38. The van der Waals surface area contributed by atoms with Gasteiger partial charge in [-0.05, 0) is 37.6 Å². The lowest BCUT2D eigenvalue weighted by atomic mass is 10.1. The monoisotopic (exact) mass is 418 g/mol. The van der Waals surface area contributed by atoms with Crippen LogP contribution in [0, 0.1) is 6.92 Å². The second kappa shape index (κ2) is 6.74. The molecule has 0 aliphatic carbocycles. The fourth-order valence-electron chi connectivity index (χ4n) is 2.03. The van der Waals surface area contributed by atoms with Crippen LogP contribution in [0.2, 0.25) is 0 Å². The minimum Gasteiger partial charge on any atom is -0.281 e. The highest BCUT2D eigenvalue weighted by Crippen LogP contribution is 2.32. The van der Waals surface area contributed by atoms with Gasteiger partial charge in [0.2, 0.25) is 0 Å². The number of aromatic nitrogens is 2. The standard InChI is InChI=1S/C15H13F2IN2S/c1-4-10(16)14(11(17)5-2)12-6-7-13-15(19-12)9(3)8-20(13)21-18/h4-8H,1H2,2-3H3/b11-5+,14-10-. The van der Waals surface area contributed by atoms with E-state index in [2.05, 4.69) is 32.8 Å². The molecule has 21 heavy (non-hydrogen) atoms. The molecule has 2 rings (SSSR count). The topological polar surface area (TPSA) is 17.8 Å². The predicted molar refractivity (Wildman–Crippen MR) is 94.6 cm³/mol. The maximum Gasteiger partial charge on any atom is 0.134 e. The van der Waals surface area contributed by atoms with Crippen molar-refractivity contribution in [3.05, 3.63) is 60.0 Å². The molecule has 0 spiro atoms. The number of nitrogens with zero attached hydrogens (tertiary/aromatic N) is 2. The van der Waals surface area contributed by atoms with Gasteiger partial charge in [-0.15, -0.1) is 0 Å². The molecule has 0 aliphatic rings. The molecule has 0 aliphatic heterocycles. The zero-order valence-electron chi connectivity index (χ0n) is 11.5. The summed E-state index contributed by atoms with van der Waals surface area (Å²) in [6, 6.07) is 3.43. The Kier molecular flexibility index (Phi) is 5.21. The lowest BCUT2D eigenvalue weighted by Crippen LogP contribution is -1.94. The highest BCUT2D eigenvalue weighted by molar-refractivity contribution is 14.2. The van der Waals surface area contributed by atoms with Crippen LogP contribution < -0.4 is 0 Å². The molecule has 2 aromatic heterocycles. The van der Waals surface area contributed by atoms with Crippen molar-refractivity contribution in [2.24, 2.45) is 0 Å². The molecule has 2 aromatic rings. The third kappa shape index (κ3) is 3.06. The van der Waals surface area contributed by atoms with E-state index < -0.39 is 11.7 Å². The first kappa shape index (κ1) is 16.2. The van der Waals surface area contributed by atoms with E-state index in [-0.39, 0.29) is 11.3 Å². The molecule has 0 aromatic carbocycles. The van der Waals surface area contributed by atoms with Crippen LogP contribution in [-0.2, 0) is 0 Å². The zero-order valence-corrected chi connectivity index (χ0v) is 14.5. The average Bonchev–Trinajstić information content (AvgIpc) is 2.83. The van der Waals surface area contributed by atoms with E-state index in [9.17, 15) is 8.78 Å². The molecule has 0 atom stereocenters. The maximum atomic E-state index is 14.0. The number of halogens is 3. The van der Waals surface area contributed by atoms with Crippen LogP contribution in [0.1, 0.15) is 18.2 Å². The Labute approximate surface area is 138 Å². The second-order valence-corrected chi connectivity index (χ2v) is 6.05. The predicted octanol–water partition coefficient (Wildman–Crippen LogP) is 5.93. The van der Waals surface area contributed by atoms with Crippen LogP contribution in [0.25, 0.3) is 16.6 Å². The van der Waals surface area contributed by atoms with Gasteiger partial charge in [0.15, 0.2) is 0 Å². The van der Waals surface area contributed by atoms with Gasteiger partial charge in [0.05, 0.1) is 22.3 Å². The van der Waals surface area contributed by atoms with Gasteiger partial charge in [-0.25, -0.2) is 13.8 Å². The van der Waals surface area contributed by atoms with Crippen LogP contribution in [0.3, 0.4) is 0 Å². The Bertz CT molecular complexity index is 762. The van der Waals surface area contributed by atoms with Crippen LogP contribution in [0.5, 0.6) is 0 Å². The summed E-state index contributed by atoms with van der Waals surface area (Å²) in [4.78, 5) is 4.42. The fraction of sp³-hybridized carbons (Fsp3) is 0.133. The van der Waals surface area contributed by atoms with E-state index in [1.165, 1.54) is 22.1 Å². The molecule has 0 bridgehead atoms. The SMILES string of the molecule is C=C/C(F)=C(\C(F)=C/C)c1ccc2c(n1)c(C)cn2SI. The molecule has 0 fully saturated rings. The Morgan fingerprint density at radius 3 is 2.71 bits per heavy atom. The molecule has 2 heterocycles. The van der Waals surface area contributed by atoms with E-state index in [0.29, 0.717) is 0 Å². The molecular formula is C15H13F2IN2S. The number of aryl methyl sites for hydroxylation is 1. The van der Waals surface area contributed by atoms with Crippen molar-refractivity contribution in [1.82, 2.24) is 8.96 Å². The smallest absolute Gasteiger partial charge is 0.134 e. The number of rotatable bonds is 4. The molecule has 0 saturated heterocycles. The molecule has 110 valence electrons.